The highest BCUT2D eigenvalue weighted by Gasteiger charge is 2.38. The Morgan fingerprint density at radius 2 is 1.85 bits per heavy atom. The minimum atomic E-state index is -5.04. The Bertz CT molecular complexity index is 903. The van der Waals surface area contributed by atoms with Crippen molar-refractivity contribution in [2.45, 2.75) is 19.0 Å². The van der Waals surface area contributed by atoms with E-state index in [-0.39, 0.29) is 5.56 Å². The fourth-order valence-electron chi connectivity index (χ4n) is 2.95. The lowest BCUT2D eigenvalue weighted by molar-refractivity contribution is -0.296. The molecule has 0 aromatic heterocycles. The van der Waals surface area contributed by atoms with Crippen LogP contribution in [0.2, 0.25) is 0 Å². The van der Waals surface area contributed by atoms with Crippen molar-refractivity contribution in [1.29, 1.82) is 0 Å². The summed E-state index contributed by atoms with van der Waals surface area (Å²) in [6.07, 6.45) is -3.81. The Labute approximate surface area is 145 Å². The third kappa shape index (κ3) is 3.14. The van der Waals surface area contributed by atoms with Gasteiger partial charge in [0.2, 0.25) is 5.78 Å². The largest absolute Gasteiger partial charge is 0.541 e. The highest BCUT2D eigenvalue weighted by molar-refractivity contribution is 6.40. The maximum atomic E-state index is 14.4. The fraction of sp³-hybridized carbons (Fsp3) is 0.222. The molecule has 0 atom stereocenters. The van der Waals surface area contributed by atoms with Gasteiger partial charge in [0, 0.05) is 11.1 Å². The van der Waals surface area contributed by atoms with Gasteiger partial charge in [0.05, 0.1) is 12.2 Å². The molecule has 4 nitrogen and oxygen atoms in total. The average molecular weight is 367 g/mol. The Morgan fingerprint density at radius 1 is 1.12 bits per heavy atom. The minimum absolute atomic E-state index is 0.0394. The van der Waals surface area contributed by atoms with E-state index in [1.807, 2.05) is 0 Å². The molecule has 0 radical (unpaired) electrons. The van der Waals surface area contributed by atoms with Crippen molar-refractivity contribution in [2.24, 2.45) is 0 Å². The van der Waals surface area contributed by atoms with Gasteiger partial charge in [-0.3, -0.25) is 4.79 Å². The second kappa shape index (κ2) is 6.44. The van der Waals surface area contributed by atoms with E-state index in [0.29, 0.717) is 42.9 Å². The van der Waals surface area contributed by atoms with E-state index in [1.165, 1.54) is 18.2 Å². The van der Waals surface area contributed by atoms with Gasteiger partial charge < -0.3 is 14.6 Å². The van der Waals surface area contributed by atoms with Gasteiger partial charge in [-0.25, -0.2) is 4.39 Å². The first kappa shape index (κ1) is 17.9. The lowest BCUT2D eigenvalue weighted by atomic mass is 9.90. The summed E-state index contributed by atoms with van der Waals surface area (Å²) in [6, 6.07) is 5.04. The van der Waals surface area contributed by atoms with Gasteiger partial charge in [-0.2, -0.15) is 13.2 Å². The van der Waals surface area contributed by atoms with Gasteiger partial charge in [-0.1, -0.05) is 6.07 Å². The SMILES string of the molecule is O=C([O-])C(=O)c1c(C(F)(F)F)ccc(F)c1-c1ccc2c(c1)CCCO2. The van der Waals surface area contributed by atoms with Crippen LogP contribution in [-0.4, -0.2) is 18.4 Å². The molecule has 0 unspecified atom stereocenters. The van der Waals surface area contributed by atoms with Crippen molar-refractivity contribution in [2.75, 3.05) is 6.61 Å². The molecule has 0 N–H and O–H groups in total. The summed E-state index contributed by atoms with van der Waals surface area (Å²) in [5, 5.41) is 10.9. The van der Waals surface area contributed by atoms with Crippen molar-refractivity contribution in [3.8, 4) is 16.9 Å². The molecule has 136 valence electrons. The topological polar surface area (TPSA) is 66.4 Å². The molecule has 1 aliphatic rings. The number of benzene rings is 2. The summed E-state index contributed by atoms with van der Waals surface area (Å²) in [5.74, 6) is -4.90. The molecule has 0 fully saturated rings. The minimum Gasteiger partial charge on any atom is -0.541 e. The number of aryl methyl sites for hydroxylation is 1. The van der Waals surface area contributed by atoms with Crippen LogP contribution in [0.25, 0.3) is 11.1 Å². The number of Topliss-reactive ketones (excluding diaryl/α,β-unsaturated/α-hetero) is 1. The Morgan fingerprint density at radius 3 is 2.50 bits per heavy atom. The maximum absolute atomic E-state index is 14.4. The van der Waals surface area contributed by atoms with Crippen molar-refractivity contribution in [1.82, 2.24) is 0 Å². The Balaban J connectivity index is 2.30. The first-order valence-corrected chi connectivity index (χ1v) is 7.61. The molecule has 0 saturated heterocycles. The predicted octanol–water partition coefficient (Wildman–Crippen LogP) is 2.77. The summed E-state index contributed by atoms with van der Waals surface area (Å²) < 4.78 is 59.6. The number of carbonyl (C=O) groups is 2. The smallest absolute Gasteiger partial charge is 0.417 e. The first-order valence-electron chi connectivity index (χ1n) is 7.61. The number of hydrogen-bond acceptors (Lipinski definition) is 4. The number of carboxylic acid groups (broad SMARTS) is 1. The highest BCUT2D eigenvalue weighted by atomic mass is 19.4. The number of rotatable bonds is 3. The standard InChI is InChI=1S/C18H12F4O4/c19-12-5-4-11(18(20,21)22)15(16(23)17(24)25)14(12)10-3-6-13-9(8-10)2-1-7-26-13/h3-6,8H,1-2,7H2,(H,24,25)/p-1. The second-order valence-electron chi connectivity index (χ2n) is 5.73. The zero-order chi connectivity index (χ0) is 19.1. The van der Waals surface area contributed by atoms with Gasteiger partial charge in [-0.05, 0) is 48.2 Å². The molecule has 0 bridgehead atoms. The molecule has 3 rings (SSSR count). The molecule has 1 heterocycles. The molecule has 0 amide bonds. The molecular formula is C18H11F4O4-. The lowest BCUT2D eigenvalue weighted by Gasteiger charge is -2.20. The molecule has 2 aromatic carbocycles. The molecule has 26 heavy (non-hydrogen) atoms. The van der Waals surface area contributed by atoms with Crippen LogP contribution in [-0.2, 0) is 17.4 Å². The molecule has 1 aliphatic heterocycles. The van der Waals surface area contributed by atoms with E-state index < -0.39 is 40.4 Å². The number of carbonyl (C=O) groups excluding carboxylic acids is 2. The van der Waals surface area contributed by atoms with Crippen LogP contribution in [0.15, 0.2) is 30.3 Å². The number of hydrogen-bond donors (Lipinski definition) is 0. The van der Waals surface area contributed by atoms with Gasteiger partial charge in [0.25, 0.3) is 0 Å². The third-order valence-electron chi connectivity index (χ3n) is 4.07. The van der Waals surface area contributed by atoms with Crippen LogP contribution in [0.4, 0.5) is 17.6 Å². The molecule has 8 heteroatoms. The van der Waals surface area contributed by atoms with Crippen molar-refractivity contribution < 1.29 is 37.0 Å². The summed E-state index contributed by atoms with van der Waals surface area (Å²) >= 11 is 0. The van der Waals surface area contributed by atoms with Crippen LogP contribution >= 0.6 is 0 Å². The van der Waals surface area contributed by atoms with Crippen molar-refractivity contribution in [3.63, 3.8) is 0 Å². The quantitative estimate of drug-likeness (QED) is 0.475. The van der Waals surface area contributed by atoms with Gasteiger partial charge >= 0.3 is 6.18 Å². The maximum Gasteiger partial charge on any atom is 0.417 e. The number of fused-ring (bicyclic) bond motifs is 1. The van der Waals surface area contributed by atoms with Gasteiger partial charge in [0.15, 0.2) is 0 Å². The van der Waals surface area contributed by atoms with E-state index in [9.17, 15) is 32.3 Å². The number of ketones is 1. The summed E-state index contributed by atoms with van der Waals surface area (Å²) in [5.41, 5.74) is -2.92. The van der Waals surface area contributed by atoms with Crippen LogP contribution in [0.5, 0.6) is 5.75 Å². The predicted molar refractivity (Wildman–Crippen MR) is 80.0 cm³/mol. The van der Waals surface area contributed by atoms with Crippen LogP contribution in [0, 0.1) is 5.82 Å². The molecular weight excluding hydrogens is 356 g/mol. The number of aliphatic carboxylic acids is 1. The number of halogens is 4. The van der Waals surface area contributed by atoms with E-state index >= 15 is 0 Å². The number of ether oxygens (including phenoxy) is 1. The molecule has 0 spiro atoms. The van der Waals surface area contributed by atoms with Crippen LogP contribution in [0.3, 0.4) is 0 Å². The van der Waals surface area contributed by atoms with E-state index in [0.717, 1.165) is 0 Å². The lowest BCUT2D eigenvalue weighted by Crippen LogP contribution is -2.33. The van der Waals surface area contributed by atoms with Gasteiger partial charge in [0.1, 0.15) is 17.5 Å². The number of carboxylic acids is 1. The Kier molecular flexibility index (Phi) is 4.43. The summed E-state index contributed by atoms with van der Waals surface area (Å²) in [7, 11) is 0. The summed E-state index contributed by atoms with van der Waals surface area (Å²) in [4.78, 5) is 22.8. The van der Waals surface area contributed by atoms with E-state index in [1.54, 1.807) is 0 Å². The monoisotopic (exact) mass is 367 g/mol. The number of alkyl halides is 3. The van der Waals surface area contributed by atoms with Gasteiger partial charge in [-0.15, -0.1) is 0 Å². The average Bonchev–Trinajstić information content (AvgIpc) is 2.59. The third-order valence-corrected chi connectivity index (χ3v) is 4.07. The summed E-state index contributed by atoms with van der Waals surface area (Å²) in [6.45, 7) is 0.485. The van der Waals surface area contributed by atoms with Crippen molar-refractivity contribution in [3.05, 3.63) is 52.8 Å². The van der Waals surface area contributed by atoms with E-state index in [2.05, 4.69) is 0 Å². The zero-order valence-corrected chi connectivity index (χ0v) is 13.2. The first-order chi connectivity index (χ1) is 12.2. The normalized spacial score (nSPS) is 13.7. The van der Waals surface area contributed by atoms with Crippen LogP contribution in [0.1, 0.15) is 27.9 Å². The molecule has 2 aromatic rings. The van der Waals surface area contributed by atoms with Crippen LogP contribution < -0.4 is 9.84 Å². The highest BCUT2D eigenvalue weighted by Crippen LogP contribution is 2.40. The van der Waals surface area contributed by atoms with Crippen molar-refractivity contribution >= 4 is 11.8 Å². The fourth-order valence-corrected chi connectivity index (χ4v) is 2.95. The zero-order valence-electron chi connectivity index (χ0n) is 13.2. The molecule has 0 aliphatic carbocycles. The molecule has 0 saturated carbocycles. The Hall–Kier alpha value is -2.90. The second-order valence-corrected chi connectivity index (χ2v) is 5.73. The van der Waals surface area contributed by atoms with E-state index in [4.69, 9.17) is 4.74 Å².